The molecule has 2 aromatic heterocycles. The standard InChI is InChI=1S/C21H18F2NO/c1-11-5-6-16(24(4)10-11)18-12(2)7-13(3)19-20-15(23)8-14(22)9-17(20)25-21(18)19/h5-10H,1-4H3/q+1. The van der Waals surface area contributed by atoms with Gasteiger partial charge >= 0.3 is 0 Å². The van der Waals surface area contributed by atoms with Crippen LogP contribution in [0.5, 0.6) is 0 Å². The number of fused-ring (bicyclic) bond motifs is 3. The fourth-order valence-electron chi connectivity index (χ4n) is 3.67. The zero-order valence-corrected chi connectivity index (χ0v) is 14.6. The Morgan fingerprint density at radius 2 is 1.68 bits per heavy atom. The van der Waals surface area contributed by atoms with Gasteiger partial charge in [-0.3, -0.25) is 0 Å². The van der Waals surface area contributed by atoms with Gasteiger partial charge in [0.15, 0.2) is 6.20 Å². The molecule has 0 N–H and O–H groups in total. The zero-order chi connectivity index (χ0) is 17.9. The van der Waals surface area contributed by atoms with E-state index in [4.69, 9.17) is 4.42 Å². The van der Waals surface area contributed by atoms with Crippen LogP contribution in [0, 0.1) is 32.4 Å². The molecule has 0 saturated carbocycles. The van der Waals surface area contributed by atoms with Crippen molar-refractivity contribution in [1.29, 1.82) is 0 Å². The molecule has 0 bridgehead atoms. The molecule has 0 aliphatic carbocycles. The van der Waals surface area contributed by atoms with E-state index in [1.807, 2.05) is 56.8 Å². The van der Waals surface area contributed by atoms with Gasteiger partial charge in [-0.2, -0.15) is 0 Å². The minimum Gasteiger partial charge on any atom is -0.455 e. The Morgan fingerprint density at radius 3 is 2.40 bits per heavy atom. The molecule has 0 unspecified atom stereocenters. The van der Waals surface area contributed by atoms with Crippen LogP contribution in [0.15, 0.2) is 40.9 Å². The van der Waals surface area contributed by atoms with Gasteiger partial charge in [-0.1, -0.05) is 6.07 Å². The SMILES string of the molecule is Cc1ccc(-c2c(C)cc(C)c3c2oc2cc(F)cc(F)c23)[n+](C)c1. The summed E-state index contributed by atoms with van der Waals surface area (Å²) in [5.74, 6) is -1.24. The van der Waals surface area contributed by atoms with Crippen molar-refractivity contribution >= 4 is 21.9 Å². The first kappa shape index (κ1) is 15.8. The molecule has 2 aromatic carbocycles. The number of rotatable bonds is 1. The average Bonchev–Trinajstić information content (AvgIpc) is 2.88. The molecule has 0 saturated heterocycles. The van der Waals surface area contributed by atoms with Crippen molar-refractivity contribution in [3.63, 3.8) is 0 Å². The summed E-state index contributed by atoms with van der Waals surface area (Å²) in [7, 11) is 1.97. The van der Waals surface area contributed by atoms with E-state index in [0.717, 1.165) is 34.0 Å². The molecule has 126 valence electrons. The Labute approximate surface area is 144 Å². The van der Waals surface area contributed by atoms with E-state index >= 15 is 0 Å². The first-order valence-electron chi connectivity index (χ1n) is 8.15. The summed E-state index contributed by atoms with van der Waals surface area (Å²) >= 11 is 0. The lowest BCUT2D eigenvalue weighted by atomic mass is 9.96. The molecule has 25 heavy (non-hydrogen) atoms. The van der Waals surface area contributed by atoms with E-state index in [1.165, 1.54) is 6.07 Å². The van der Waals surface area contributed by atoms with Crippen LogP contribution in [0.25, 0.3) is 33.2 Å². The number of furan rings is 1. The summed E-state index contributed by atoms with van der Waals surface area (Å²) in [5.41, 5.74) is 5.78. The van der Waals surface area contributed by atoms with Crippen molar-refractivity contribution < 1.29 is 17.8 Å². The minimum absolute atomic E-state index is 0.234. The van der Waals surface area contributed by atoms with E-state index < -0.39 is 11.6 Å². The second-order valence-electron chi connectivity index (χ2n) is 6.65. The number of pyridine rings is 1. The fourth-order valence-corrected chi connectivity index (χ4v) is 3.67. The maximum absolute atomic E-state index is 14.5. The molecule has 0 fully saturated rings. The molecule has 2 nitrogen and oxygen atoms in total. The summed E-state index contributed by atoms with van der Waals surface area (Å²) in [4.78, 5) is 0. The van der Waals surface area contributed by atoms with Crippen molar-refractivity contribution in [3.05, 3.63) is 64.9 Å². The van der Waals surface area contributed by atoms with Gasteiger partial charge < -0.3 is 4.42 Å². The van der Waals surface area contributed by atoms with Gasteiger partial charge in [0.2, 0.25) is 5.69 Å². The summed E-state index contributed by atoms with van der Waals surface area (Å²) < 4.78 is 36.1. The lowest BCUT2D eigenvalue weighted by molar-refractivity contribution is -0.660. The largest absolute Gasteiger partial charge is 0.455 e. The molecule has 0 aliphatic rings. The van der Waals surface area contributed by atoms with E-state index in [9.17, 15) is 8.78 Å². The quantitative estimate of drug-likeness (QED) is 0.432. The molecule has 2 heterocycles. The molecular weight excluding hydrogens is 320 g/mol. The van der Waals surface area contributed by atoms with Crippen molar-refractivity contribution in [2.45, 2.75) is 20.8 Å². The van der Waals surface area contributed by atoms with Crippen molar-refractivity contribution in [3.8, 4) is 11.3 Å². The maximum Gasteiger partial charge on any atom is 0.216 e. The number of halogens is 2. The third kappa shape index (κ3) is 2.32. The van der Waals surface area contributed by atoms with Gasteiger partial charge in [0.05, 0.1) is 10.9 Å². The lowest BCUT2D eigenvalue weighted by Gasteiger charge is -2.08. The van der Waals surface area contributed by atoms with Crippen LogP contribution in [0.1, 0.15) is 16.7 Å². The molecule has 0 atom stereocenters. The van der Waals surface area contributed by atoms with Crippen LogP contribution in [0.3, 0.4) is 0 Å². The van der Waals surface area contributed by atoms with Gasteiger partial charge in [-0.05, 0) is 38.0 Å². The highest BCUT2D eigenvalue weighted by molar-refractivity contribution is 6.11. The van der Waals surface area contributed by atoms with Crippen LogP contribution in [0.4, 0.5) is 8.78 Å². The normalized spacial score (nSPS) is 11.6. The van der Waals surface area contributed by atoms with Gasteiger partial charge in [0.25, 0.3) is 0 Å². The minimum atomic E-state index is -0.638. The third-order valence-electron chi connectivity index (χ3n) is 4.69. The Balaban J connectivity index is 2.20. The number of aromatic nitrogens is 1. The maximum atomic E-state index is 14.5. The van der Waals surface area contributed by atoms with Gasteiger partial charge in [-0.15, -0.1) is 0 Å². The highest BCUT2D eigenvalue weighted by Crippen LogP contribution is 2.40. The Bertz CT molecular complexity index is 1160. The average molecular weight is 338 g/mol. The van der Waals surface area contributed by atoms with Crippen LogP contribution in [0.2, 0.25) is 0 Å². The van der Waals surface area contributed by atoms with Crippen molar-refractivity contribution in [1.82, 2.24) is 0 Å². The zero-order valence-electron chi connectivity index (χ0n) is 14.6. The number of aryl methyl sites for hydroxylation is 4. The summed E-state index contributed by atoms with van der Waals surface area (Å²) in [6.07, 6.45) is 2.03. The Kier molecular flexibility index (Phi) is 3.39. The molecule has 4 heteroatoms. The fraction of sp³-hybridized carbons (Fsp3) is 0.190. The molecule has 0 aliphatic heterocycles. The Hall–Kier alpha value is -2.75. The number of hydrogen-bond acceptors (Lipinski definition) is 1. The molecular formula is C21H18F2NO+. The van der Waals surface area contributed by atoms with E-state index in [-0.39, 0.29) is 5.58 Å². The highest BCUT2D eigenvalue weighted by atomic mass is 19.1. The van der Waals surface area contributed by atoms with Gasteiger partial charge in [0, 0.05) is 29.1 Å². The van der Waals surface area contributed by atoms with E-state index in [1.54, 1.807) is 0 Å². The van der Waals surface area contributed by atoms with Gasteiger partial charge in [0.1, 0.15) is 29.8 Å². The molecule has 4 rings (SSSR count). The summed E-state index contributed by atoms with van der Waals surface area (Å²) in [6.45, 7) is 5.96. The monoisotopic (exact) mass is 338 g/mol. The topological polar surface area (TPSA) is 17.0 Å². The molecule has 4 aromatic rings. The van der Waals surface area contributed by atoms with Gasteiger partial charge in [-0.25, -0.2) is 13.3 Å². The summed E-state index contributed by atoms with van der Waals surface area (Å²) in [6, 6.07) is 8.23. The predicted octanol–water partition coefficient (Wildman–Crippen LogP) is 5.28. The first-order valence-corrected chi connectivity index (χ1v) is 8.15. The smallest absolute Gasteiger partial charge is 0.216 e. The van der Waals surface area contributed by atoms with Crippen LogP contribution >= 0.6 is 0 Å². The van der Waals surface area contributed by atoms with Crippen molar-refractivity contribution in [2.75, 3.05) is 0 Å². The molecule has 0 amide bonds. The molecule has 0 radical (unpaired) electrons. The third-order valence-corrected chi connectivity index (χ3v) is 4.69. The highest BCUT2D eigenvalue weighted by Gasteiger charge is 2.23. The first-order chi connectivity index (χ1) is 11.9. The number of benzene rings is 2. The lowest BCUT2D eigenvalue weighted by Crippen LogP contribution is -2.31. The van der Waals surface area contributed by atoms with Crippen molar-refractivity contribution in [2.24, 2.45) is 7.05 Å². The van der Waals surface area contributed by atoms with Crippen LogP contribution < -0.4 is 4.57 Å². The number of hydrogen-bond donors (Lipinski definition) is 0. The van der Waals surface area contributed by atoms with Crippen LogP contribution in [-0.2, 0) is 7.05 Å². The predicted molar refractivity (Wildman–Crippen MR) is 94.5 cm³/mol. The second kappa shape index (κ2) is 5.38. The second-order valence-corrected chi connectivity index (χ2v) is 6.65. The van der Waals surface area contributed by atoms with E-state index in [2.05, 4.69) is 0 Å². The Morgan fingerprint density at radius 1 is 0.920 bits per heavy atom. The van der Waals surface area contributed by atoms with Crippen LogP contribution in [-0.4, -0.2) is 0 Å². The number of nitrogens with zero attached hydrogens (tertiary/aromatic N) is 1. The molecule has 0 spiro atoms. The van der Waals surface area contributed by atoms with E-state index in [0.29, 0.717) is 16.4 Å². The summed E-state index contributed by atoms with van der Waals surface area (Å²) in [5, 5.41) is 1.04.